The third-order valence-electron chi connectivity index (χ3n) is 1.33. The summed E-state index contributed by atoms with van der Waals surface area (Å²) in [7, 11) is 1.83. The van der Waals surface area contributed by atoms with Crippen LogP contribution in [-0.4, -0.2) is 17.0 Å². The maximum Gasteiger partial charge on any atom is 0.103 e. The fourth-order valence-electron chi connectivity index (χ4n) is 0.709. The first-order valence-electron chi connectivity index (χ1n) is 3.12. The third-order valence-corrected chi connectivity index (χ3v) is 1.33. The van der Waals surface area contributed by atoms with Crippen molar-refractivity contribution in [2.45, 2.75) is 6.92 Å². The van der Waals surface area contributed by atoms with Crippen molar-refractivity contribution >= 4 is 5.70 Å². The van der Waals surface area contributed by atoms with E-state index >= 15 is 0 Å². The van der Waals surface area contributed by atoms with Crippen LogP contribution >= 0.6 is 0 Å². The van der Waals surface area contributed by atoms with Crippen molar-refractivity contribution in [1.82, 2.24) is 15.3 Å². The van der Waals surface area contributed by atoms with E-state index in [1.807, 2.05) is 14.0 Å². The molecule has 10 heavy (non-hydrogen) atoms. The van der Waals surface area contributed by atoms with Crippen molar-refractivity contribution in [2.24, 2.45) is 0 Å². The quantitative estimate of drug-likeness (QED) is 0.636. The van der Waals surface area contributed by atoms with Gasteiger partial charge in [-0.2, -0.15) is 0 Å². The van der Waals surface area contributed by atoms with Crippen molar-refractivity contribution in [3.05, 3.63) is 24.3 Å². The number of H-pyrrole nitrogens is 1. The molecule has 1 aromatic rings. The number of hydrogen-bond acceptors (Lipinski definition) is 2. The second kappa shape index (κ2) is 2.56. The van der Waals surface area contributed by atoms with Gasteiger partial charge >= 0.3 is 0 Å². The Bertz CT molecular complexity index is 237. The molecule has 54 valence electrons. The monoisotopic (exact) mass is 137 g/mol. The zero-order valence-electron chi connectivity index (χ0n) is 6.23. The summed E-state index contributed by atoms with van der Waals surface area (Å²) in [6.45, 7) is 5.68. The van der Waals surface area contributed by atoms with E-state index in [1.165, 1.54) is 0 Å². The van der Waals surface area contributed by atoms with Gasteiger partial charge in [-0.15, -0.1) is 0 Å². The molecule has 0 amide bonds. The molecule has 0 saturated heterocycles. The minimum absolute atomic E-state index is 0.862. The molecule has 0 aliphatic rings. The summed E-state index contributed by atoms with van der Waals surface area (Å²) in [5.74, 6) is 0.909. The van der Waals surface area contributed by atoms with Crippen LogP contribution in [0.4, 0.5) is 0 Å². The summed E-state index contributed by atoms with van der Waals surface area (Å²) < 4.78 is 0. The van der Waals surface area contributed by atoms with E-state index in [2.05, 4.69) is 21.9 Å². The van der Waals surface area contributed by atoms with Gasteiger partial charge < -0.3 is 10.3 Å². The number of nitrogens with one attached hydrogen (secondary N) is 2. The van der Waals surface area contributed by atoms with Gasteiger partial charge in [0.2, 0.25) is 0 Å². The molecule has 0 atom stereocenters. The first-order chi connectivity index (χ1) is 4.74. The Hall–Kier alpha value is -1.25. The van der Waals surface area contributed by atoms with Crippen molar-refractivity contribution < 1.29 is 0 Å². The van der Waals surface area contributed by atoms with Crippen LogP contribution in [0.3, 0.4) is 0 Å². The van der Waals surface area contributed by atoms with E-state index in [4.69, 9.17) is 0 Å². The van der Waals surface area contributed by atoms with Crippen LogP contribution in [-0.2, 0) is 0 Å². The van der Waals surface area contributed by atoms with E-state index in [-0.39, 0.29) is 0 Å². The molecular formula is C7H11N3. The SMILES string of the molecule is C=C(NC)c1cnc(C)[nH]1. The summed E-state index contributed by atoms with van der Waals surface area (Å²) in [6.07, 6.45) is 1.76. The fourth-order valence-corrected chi connectivity index (χ4v) is 0.709. The largest absolute Gasteiger partial charge is 0.387 e. The maximum atomic E-state index is 4.03. The van der Waals surface area contributed by atoms with E-state index in [0.29, 0.717) is 0 Å². The van der Waals surface area contributed by atoms with Crippen molar-refractivity contribution in [1.29, 1.82) is 0 Å². The topological polar surface area (TPSA) is 40.7 Å². The summed E-state index contributed by atoms with van der Waals surface area (Å²) in [5.41, 5.74) is 1.81. The number of aromatic amines is 1. The van der Waals surface area contributed by atoms with Crippen LogP contribution in [0, 0.1) is 6.92 Å². The second-order valence-corrected chi connectivity index (χ2v) is 2.11. The van der Waals surface area contributed by atoms with Crippen molar-refractivity contribution in [2.75, 3.05) is 7.05 Å². The molecule has 3 heteroatoms. The highest BCUT2D eigenvalue weighted by atomic mass is 14.9. The zero-order chi connectivity index (χ0) is 7.56. The molecule has 1 heterocycles. The first kappa shape index (κ1) is 6.86. The van der Waals surface area contributed by atoms with Crippen molar-refractivity contribution in [3.8, 4) is 0 Å². The number of imidazole rings is 1. The number of rotatable bonds is 2. The Morgan fingerprint density at radius 3 is 2.90 bits per heavy atom. The maximum absolute atomic E-state index is 4.03. The molecule has 0 spiro atoms. The minimum atomic E-state index is 0.862. The van der Waals surface area contributed by atoms with Gasteiger partial charge in [-0.1, -0.05) is 6.58 Å². The van der Waals surface area contributed by atoms with Crippen LogP contribution in [0.15, 0.2) is 12.8 Å². The normalized spacial score (nSPS) is 9.40. The highest BCUT2D eigenvalue weighted by Gasteiger charge is 1.97. The second-order valence-electron chi connectivity index (χ2n) is 2.11. The Labute approximate surface area is 60.2 Å². The lowest BCUT2D eigenvalue weighted by Gasteiger charge is -1.98. The molecule has 0 aliphatic heterocycles. The molecule has 0 unspecified atom stereocenters. The van der Waals surface area contributed by atoms with Crippen LogP contribution in [0.1, 0.15) is 11.5 Å². The summed E-state index contributed by atoms with van der Waals surface area (Å²) in [6, 6.07) is 0. The van der Waals surface area contributed by atoms with E-state index < -0.39 is 0 Å². The van der Waals surface area contributed by atoms with Crippen LogP contribution < -0.4 is 5.32 Å². The summed E-state index contributed by atoms with van der Waals surface area (Å²) in [4.78, 5) is 7.08. The molecule has 3 nitrogen and oxygen atoms in total. The lowest BCUT2D eigenvalue weighted by atomic mass is 10.4. The highest BCUT2D eigenvalue weighted by Crippen LogP contribution is 2.03. The van der Waals surface area contributed by atoms with E-state index in [0.717, 1.165) is 17.2 Å². The zero-order valence-corrected chi connectivity index (χ0v) is 6.23. The van der Waals surface area contributed by atoms with Gasteiger partial charge in [-0.25, -0.2) is 4.98 Å². The standard InChI is InChI=1S/C7H11N3/c1-5(8-3)7-4-9-6(2)10-7/h4,8H,1H2,2-3H3,(H,9,10). The molecule has 1 rings (SSSR count). The molecule has 0 fully saturated rings. The van der Waals surface area contributed by atoms with Gasteiger partial charge in [0.15, 0.2) is 0 Å². The van der Waals surface area contributed by atoms with Crippen LogP contribution in [0.5, 0.6) is 0 Å². The molecule has 0 aliphatic carbocycles. The molecule has 0 saturated carbocycles. The molecule has 0 bridgehead atoms. The molecule has 1 aromatic heterocycles. The summed E-state index contributed by atoms with van der Waals surface area (Å²) in [5, 5.41) is 2.93. The van der Waals surface area contributed by atoms with Crippen LogP contribution in [0.2, 0.25) is 0 Å². The smallest absolute Gasteiger partial charge is 0.103 e. The van der Waals surface area contributed by atoms with Crippen LogP contribution in [0.25, 0.3) is 5.70 Å². The molecule has 2 N–H and O–H groups in total. The third kappa shape index (κ3) is 1.18. The summed E-state index contributed by atoms with van der Waals surface area (Å²) >= 11 is 0. The van der Waals surface area contributed by atoms with Gasteiger partial charge in [0.1, 0.15) is 5.82 Å². The number of aromatic nitrogens is 2. The highest BCUT2D eigenvalue weighted by molar-refractivity contribution is 5.56. The molecule has 0 radical (unpaired) electrons. The number of nitrogens with zero attached hydrogens (tertiary/aromatic N) is 1. The van der Waals surface area contributed by atoms with Gasteiger partial charge in [0.05, 0.1) is 17.6 Å². The predicted octanol–water partition coefficient (Wildman–Crippen LogP) is 0.908. The number of hydrogen-bond donors (Lipinski definition) is 2. The van der Waals surface area contributed by atoms with Gasteiger partial charge in [0.25, 0.3) is 0 Å². The first-order valence-corrected chi connectivity index (χ1v) is 3.12. The van der Waals surface area contributed by atoms with Gasteiger partial charge in [-0.3, -0.25) is 0 Å². The average Bonchev–Trinajstić information content (AvgIpc) is 2.34. The Morgan fingerprint density at radius 1 is 1.80 bits per heavy atom. The average molecular weight is 137 g/mol. The Balaban J connectivity index is 2.85. The molecular weight excluding hydrogens is 126 g/mol. The molecule has 0 aromatic carbocycles. The van der Waals surface area contributed by atoms with Gasteiger partial charge in [0, 0.05) is 7.05 Å². The Morgan fingerprint density at radius 2 is 2.50 bits per heavy atom. The van der Waals surface area contributed by atoms with Gasteiger partial charge in [-0.05, 0) is 6.92 Å². The van der Waals surface area contributed by atoms with E-state index in [9.17, 15) is 0 Å². The van der Waals surface area contributed by atoms with Crippen molar-refractivity contribution in [3.63, 3.8) is 0 Å². The fraction of sp³-hybridized carbons (Fsp3) is 0.286. The lowest BCUT2D eigenvalue weighted by Crippen LogP contribution is -2.02. The predicted molar refractivity (Wildman–Crippen MR) is 41.4 cm³/mol. The Kier molecular flexibility index (Phi) is 1.76. The minimum Gasteiger partial charge on any atom is -0.387 e. The van der Waals surface area contributed by atoms with E-state index in [1.54, 1.807) is 6.20 Å². The number of aryl methyl sites for hydroxylation is 1. The lowest BCUT2D eigenvalue weighted by molar-refractivity contribution is 1.09.